The maximum absolute atomic E-state index is 12.2. The normalized spacial score (nSPS) is 13.7. The fourth-order valence-corrected chi connectivity index (χ4v) is 3.24. The van der Waals surface area contributed by atoms with Crippen molar-refractivity contribution < 1.29 is 5.11 Å². The number of phenolic OH excluding ortho intramolecular Hbond substituents is 1. The van der Waals surface area contributed by atoms with Gasteiger partial charge in [-0.2, -0.15) is 0 Å². The van der Waals surface area contributed by atoms with Crippen LogP contribution in [0, 0.1) is 0 Å². The van der Waals surface area contributed by atoms with Gasteiger partial charge in [0.2, 0.25) is 0 Å². The summed E-state index contributed by atoms with van der Waals surface area (Å²) < 4.78 is 2.14. The van der Waals surface area contributed by atoms with Crippen molar-refractivity contribution in [2.75, 3.05) is 0 Å². The van der Waals surface area contributed by atoms with Crippen LogP contribution in [0.15, 0.2) is 47.4 Å². The molecule has 0 radical (unpaired) electrons. The molecule has 3 aromatic rings. The van der Waals surface area contributed by atoms with Crippen molar-refractivity contribution >= 4 is 0 Å². The molecule has 4 rings (SSSR count). The predicted molar refractivity (Wildman–Crippen MR) is 88.3 cm³/mol. The second-order valence-electron chi connectivity index (χ2n) is 5.77. The largest absolute Gasteiger partial charge is 0.507 e. The van der Waals surface area contributed by atoms with Crippen LogP contribution in [0.25, 0.3) is 22.6 Å². The molecule has 0 aliphatic carbocycles. The van der Waals surface area contributed by atoms with E-state index in [2.05, 4.69) is 9.55 Å². The van der Waals surface area contributed by atoms with Crippen LogP contribution in [0.1, 0.15) is 18.5 Å². The van der Waals surface area contributed by atoms with Crippen LogP contribution in [-0.4, -0.2) is 19.6 Å². The van der Waals surface area contributed by atoms with E-state index in [1.54, 1.807) is 24.4 Å². The van der Waals surface area contributed by atoms with Crippen LogP contribution in [0.3, 0.4) is 0 Å². The summed E-state index contributed by atoms with van der Waals surface area (Å²) in [5.41, 5.74) is 2.95. The Bertz CT molecular complexity index is 924. The van der Waals surface area contributed by atoms with E-state index in [0.29, 0.717) is 11.1 Å². The van der Waals surface area contributed by atoms with Crippen molar-refractivity contribution in [2.24, 2.45) is 0 Å². The van der Waals surface area contributed by atoms with E-state index in [0.717, 1.165) is 43.0 Å². The molecular formula is C18H17N3O2. The molecule has 0 unspecified atom stereocenters. The molecule has 0 fully saturated rings. The van der Waals surface area contributed by atoms with Crippen LogP contribution >= 0.6 is 0 Å². The van der Waals surface area contributed by atoms with E-state index >= 15 is 0 Å². The number of hydrogen-bond donors (Lipinski definition) is 2. The van der Waals surface area contributed by atoms with Crippen LogP contribution in [0.5, 0.6) is 5.75 Å². The summed E-state index contributed by atoms with van der Waals surface area (Å²) in [6, 6.07) is 10.8. The van der Waals surface area contributed by atoms with E-state index in [9.17, 15) is 9.90 Å². The molecule has 0 saturated carbocycles. The number of pyridine rings is 1. The SMILES string of the molecule is O=c1[nH]cccc1-c1nc(-c2ccccc2O)n2c1CCCC2. The predicted octanol–water partition coefficient (Wildman–Crippen LogP) is 2.95. The van der Waals surface area contributed by atoms with Crippen molar-refractivity contribution in [1.29, 1.82) is 0 Å². The van der Waals surface area contributed by atoms with Crippen molar-refractivity contribution in [3.05, 3.63) is 58.6 Å². The van der Waals surface area contributed by atoms with Gasteiger partial charge in [0, 0.05) is 18.4 Å². The maximum atomic E-state index is 12.2. The number of nitrogens with zero attached hydrogens (tertiary/aromatic N) is 2. The first kappa shape index (κ1) is 13.8. The molecule has 5 nitrogen and oxygen atoms in total. The summed E-state index contributed by atoms with van der Waals surface area (Å²) in [6.45, 7) is 0.858. The highest BCUT2D eigenvalue weighted by Gasteiger charge is 2.24. The summed E-state index contributed by atoms with van der Waals surface area (Å²) in [4.78, 5) is 19.6. The van der Waals surface area contributed by atoms with Gasteiger partial charge in [-0.1, -0.05) is 12.1 Å². The van der Waals surface area contributed by atoms with E-state index < -0.39 is 0 Å². The van der Waals surface area contributed by atoms with E-state index in [4.69, 9.17) is 4.98 Å². The van der Waals surface area contributed by atoms with Crippen molar-refractivity contribution in [3.8, 4) is 28.4 Å². The first-order chi connectivity index (χ1) is 11.3. The van der Waals surface area contributed by atoms with Gasteiger partial charge in [0.05, 0.1) is 16.8 Å². The average Bonchev–Trinajstić information content (AvgIpc) is 2.95. The molecule has 2 N–H and O–H groups in total. The van der Waals surface area contributed by atoms with E-state index in [1.807, 2.05) is 18.2 Å². The third-order valence-corrected chi connectivity index (χ3v) is 4.34. The van der Waals surface area contributed by atoms with Gasteiger partial charge in [0.1, 0.15) is 11.6 Å². The highest BCUT2D eigenvalue weighted by Crippen LogP contribution is 2.35. The third-order valence-electron chi connectivity index (χ3n) is 4.34. The number of imidazole rings is 1. The molecule has 0 atom stereocenters. The molecule has 0 amide bonds. The Balaban J connectivity index is 1.98. The fraction of sp³-hybridized carbons (Fsp3) is 0.222. The number of nitrogens with one attached hydrogen (secondary N) is 1. The van der Waals surface area contributed by atoms with Gasteiger partial charge in [-0.25, -0.2) is 4.98 Å². The van der Waals surface area contributed by atoms with Gasteiger partial charge in [0.15, 0.2) is 0 Å². The zero-order chi connectivity index (χ0) is 15.8. The standard InChI is InChI=1S/C18H17N3O2/c22-15-9-2-1-6-12(15)17-20-16(13-7-5-10-19-18(13)23)14-8-3-4-11-21(14)17/h1-2,5-7,9-10,22H,3-4,8,11H2,(H,19,23). The monoisotopic (exact) mass is 307 g/mol. The summed E-state index contributed by atoms with van der Waals surface area (Å²) in [6.07, 6.45) is 4.68. The van der Waals surface area contributed by atoms with Crippen molar-refractivity contribution in [2.45, 2.75) is 25.8 Å². The van der Waals surface area contributed by atoms with E-state index in [-0.39, 0.29) is 11.3 Å². The molecule has 1 aromatic carbocycles. The molecule has 3 heterocycles. The van der Waals surface area contributed by atoms with Crippen LogP contribution < -0.4 is 5.56 Å². The Kier molecular flexibility index (Phi) is 3.26. The lowest BCUT2D eigenvalue weighted by atomic mass is 10.0. The number of fused-ring (bicyclic) bond motifs is 1. The molecule has 1 aliphatic rings. The van der Waals surface area contributed by atoms with Crippen molar-refractivity contribution in [3.63, 3.8) is 0 Å². The molecule has 1 aliphatic heterocycles. The van der Waals surface area contributed by atoms with Gasteiger partial charge in [-0.15, -0.1) is 0 Å². The first-order valence-electron chi connectivity index (χ1n) is 7.81. The zero-order valence-corrected chi connectivity index (χ0v) is 12.6. The van der Waals surface area contributed by atoms with E-state index in [1.165, 1.54) is 0 Å². The minimum atomic E-state index is -0.136. The second-order valence-corrected chi connectivity index (χ2v) is 5.77. The summed E-state index contributed by atoms with van der Waals surface area (Å²) in [7, 11) is 0. The Labute approximate surface area is 133 Å². The minimum absolute atomic E-state index is 0.136. The first-order valence-corrected chi connectivity index (χ1v) is 7.81. The lowest BCUT2D eigenvalue weighted by Crippen LogP contribution is -2.13. The maximum Gasteiger partial charge on any atom is 0.257 e. The number of aromatic hydroxyl groups is 1. The van der Waals surface area contributed by atoms with Crippen LogP contribution in [-0.2, 0) is 13.0 Å². The number of phenols is 1. The third kappa shape index (κ3) is 2.25. The van der Waals surface area contributed by atoms with Gasteiger partial charge < -0.3 is 14.7 Å². The quantitative estimate of drug-likeness (QED) is 0.764. The Morgan fingerprint density at radius 2 is 1.91 bits per heavy atom. The smallest absolute Gasteiger partial charge is 0.257 e. The van der Waals surface area contributed by atoms with Crippen LogP contribution in [0.2, 0.25) is 0 Å². The molecule has 0 saturated heterocycles. The lowest BCUT2D eigenvalue weighted by molar-refractivity contribution is 0.475. The lowest BCUT2D eigenvalue weighted by Gasteiger charge is -2.17. The number of hydrogen-bond acceptors (Lipinski definition) is 3. The number of aromatic amines is 1. The van der Waals surface area contributed by atoms with Crippen LogP contribution in [0.4, 0.5) is 0 Å². The molecule has 2 aromatic heterocycles. The fourth-order valence-electron chi connectivity index (χ4n) is 3.24. The number of H-pyrrole nitrogens is 1. The topological polar surface area (TPSA) is 70.9 Å². The molecule has 116 valence electrons. The minimum Gasteiger partial charge on any atom is -0.507 e. The summed E-state index contributed by atoms with van der Waals surface area (Å²) >= 11 is 0. The highest BCUT2D eigenvalue weighted by molar-refractivity contribution is 5.71. The zero-order valence-electron chi connectivity index (χ0n) is 12.6. The number of para-hydroxylation sites is 1. The Morgan fingerprint density at radius 1 is 1.09 bits per heavy atom. The summed E-state index contributed by atoms with van der Waals surface area (Å²) in [5, 5.41) is 10.2. The number of benzene rings is 1. The molecule has 23 heavy (non-hydrogen) atoms. The molecule has 5 heteroatoms. The Morgan fingerprint density at radius 3 is 2.74 bits per heavy atom. The Hall–Kier alpha value is -2.82. The second kappa shape index (κ2) is 5.43. The average molecular weight is 307 g/mol. The van der Waals surface area contributed by atoms with Gasteiger partial charge in [-0.3, -0.25) is 4.79 Å². The highest BCUT2D eigenvalue weighted by atomic mass is 16.3. The number of rotatable bonds is 2. The van der Waals surface area contributed by atoms with Gasteiger partial charge >= 0.3 is 0 Å². The van der Waals surface area contributed by atoms with Gasteiger partial charge in [0.25, 0.3) is 5.56 Å². The van der Waals surface area contributed by atoms with Crippen molar-refractivity contribution in [1.82, 2.24) is 14.5 Å². The molecule has 0 spiro atoms. The molecule has 0 bridgehead atoms. The van der Waals surface area contributed by atoms with Gasteiger partial charge in [-0.05, 0) is 43.5 Å². The number of aromatic nitrogens is 3. The summed E-state index contributed by atoms with van der Waals surface area (Å²) in [5.74, 6) is 0.940. The molecular weight excluding hydrogens is 290 g/mol.